The zero-order chi connectivity index (χ0) is 20.9. The molecule has 0 radical (unpaired) electrons. The minimum Gasteiger partial charge on any atom is -0.369 e. The van der Waals surface area contributed by atoms with Gasteiger partial charge in [0.25, 0.3) is 0 Å². The molecule has 4 rings (SSSR count). The minimum absolute atomic E-state index is 0.323. The SMILES string of the molecule is Cc1cc(NC(=O)Nc2ccc(N3CCNCC3)cc2)c(Cl)c(-c2ccccc2)c1. The molecule has 0 aromatic heterocycles. The summed E-state index contributed by atoms with van der Waals surface area (Å²) in [5.74, 6) is 0. The summed E-state index contributed by atoms with van der Waals surface area (Å²) < 4.78 is 0. The molecule has 1 saturated heterocycles. The summed E-state index contributed by atoms with van der Waals surface area (Å²) in [5.41, 5.74) is 5.42. The van der Waals surface area contributed by atoms with Gasteiger partial charge in [-0.15, -0.1) is 0 Å². The first-order valence-electron chi connectivity index (χ1n) is 10.1. The van der Waals surface area contributed by atoms with Gasteiger partial charge in [0.1, 0.15) is 0 Å². The number of amides is 2. The quantitative estimate of drug-likeness (QED) is 0.531. The van der Waals surface area contributed by atoms with E-state index in [1.807, 2.05) is 73.7 Å². The maximum absolute atomic E-state index is 12.6. The molecule has 3 aromatic carbocycles. The highest BCUT2D eigenvalue weighted by atomic mass is 35.5. The molecule has 0 bridgehead atoms. The number of aryl methyl sites for hydroxylation is 1. The molecule has 154 valence electrons. The van der Waals surface area contributed by atoms with E-state index < -0.39 is 0 Å². The molecular formula is C24H25ClN4O. The van der Waals surface area contributed by atoms with Crippen molar-refractivity contribution >= 4 is 34.7 Å². The molecule has 0 unspecified atom stereocenters. The number of benzene rings is 3. The van der Waals surface area contributed by atoms with Gasteiger partial charge in [0.2, 0.25) is 0 Å². The molecule has 0 saturated carbocycles. The van der Waals surface area contributed by atoms with Crippen LogP contribution in [0.1, 0.15) is 5.56 Å². The lowest BCUT2D eigenvalue weighted by Gasteiger charge is -2.29. The van der Waals surface area contributed by atoms with Crippen LogP contribution in [0.5, 0.6) is 0 Å². The number of halogens is 1. The zero-order valence-electron chi connectivity index (χ0n) is 16.9. The summed E-state index contributed by atoms with van der Waals surface area (Å²) in [7, 11) is 0. The third-order valence-electron chi connectivity index (χ3n) is 5.16. The smallest absolute Gasteiger partial charge is 0.323 e. The van der Waals surface area contributed by atoms with Crippen LogP contribution in [0.3, 0.4) is 0 Å². The van der Waals surface area contributed by atoms with Crippen LogP contribution >= 0.6 is 11.6 Å². The number of hydrogen-bond donors (Lipinski definition) is 3. The predicted octanol–water partition coefficient (Wildman–Crippen LogP) is 5.37. The standard InChI is InChI=1S/C24H25ClN4O/c1-17-15-21(18-5-3-2-4-6-18)23(25)22(16-17)28-24(30)27-19-7-9-20(10-8-19)29-13-11-26-12-14-29/h2-10,15-16,26H,11-14H2,1H3,(H2,27,28,30). The molecule has 1 aliphatic heterocycles. The second-order valence-corrected chi connectivity index (χ2v) is 7.78. The summed E-state index contributed by atoms with van der Waals surface area (Å²) in [6, 6.07) is 21.4. The topological polar surface area (TPSA) is 56.4 Å². The van der Waals surface area contributed by atoms with Crippen molar-refractivity contribution < 1.29 is 4.79 Å². The van der Waals surface area contributed by atoms with Crippen LogP contribution in [0.2, 0.25) is 5.02 Å². The number of hydrogen-bond acceptors (Lipinski definition) is 3. The molecule has 2 amide bonds. The van der Waals surface area contributed by atoms with Gasteiger partial charge < -0.3 is 20.9 Å². The Balaban J connectivity index is 1.46. The summed E-state index contributed by atoms with van der Waals surface area (Å²) in [5, 5.41) is 9.65. The lowest BCUT2D eigenvalue weighted by atomic mass is 10.0. The van der Waals surface area contributed by atoms with Gasteiger partial charge >= 0.3 is 6.03 Å². The van der Waals surface area contributed by atoms with Crippen LogP contribution in [-0.4, -0.2) is 32.2 Å². The van der Waals surface area contributed by atoms with Crippen molar-refractivity contribution in [1.82, 2.24) is 5.32 Å². The maximum atomic E-state index is 12.6. The molecule has 1 heterocycles. The fourth-order valence-electron chi connectivity index (χ4n) is 3.65. The van der Waals surface area contributed by atoms with E-state index in [0.29, 0.717) is 10.7 Å². The lowest BCUT2D eigenvalue weighted by molar-refractivity contribution is 0.262. The maximum Gasteiger partial charge on any atom is 0.323 e. The molecule has 1 fully saturated rings. The number of carbonyl (C=O) groups excluding carboxylic acids is 1. The van der Waals surface area contributed by atoms with Crippen LogP contribution in [0, 0.1) is 6.92 Å². The highest BCUT2D eigenvalue weighted by Gasteiger charge is 2.13. The Kier molecular flexibility index (Phi) is 6.21. The Bertz CT molecular complexity index is 1020. The molecule has 3 N–H and O–H groups in total. The van der Waals surface area contributed by atoms with Gasteiger partial charge in [0, 0.05) is 43.1 Å². The van der Waals surface area contributed by atoms with Crippen molar-refractivity contribution in [3.05, 3.63) is 77.3 Å². The Morgan fingerprint density at radius 2 is 1.67 bits per heavy atom. The van der Waals surface area contributed by atoms with Gasteiger partial charge in [0.15, 0.2) is 0 Å². The van der Waals surface area contributed by atoms with E-state index in [4.69, 9.17) is 11.6 Å². The first-order chi connectivity index (χ1) is 14.6. The Labute approximate surface area is 182 Å². The van der Waals surface area contributed by atoms with Crippen LogP contribution in [0.4, 0.5) is 21.9 Å². The average Bonchev–Trinajstić information content (AvgIpc) is 2.78. The molecule has 0 aliphatic carbocycles. The van der Waals surface area contributed by atoms with E-state index in [0.717, 1.165) is 54.2 Å². The molecule has 6 heteroatoms. The van der Waals surface area contributed by atoms with Crippen LogP contribution < -0.4 is 20.9 Å². The highest BCUT2D eigenvalue weighted by Crippen LogP contribution is 2.35. The number of nitrogens with one attached hydrogen (secondary N) is 3. The third kappa shape index (κ3) is 4.75. The van der Waals surface area contributed by atoms with Crippen molar-refractivity contribution in [2.75, 3.05) is 41.7 Å². The summed E-state index contributed by atoms with van der Waals surface area (Å²) in [6.07, 6.45) is 0. The van der Waals surface area contributed by atoms with E-state index in [9.17, 15) is 4.79 Å². The van der Waals surface area contributed by atoms with E-state index in [1.165, 1.54) is 0 Å². The largest absolute Gasteiger partial charge is 0.369 e. The number of rotatable bonds is 4. The van der Waals surface area contributed by atoms with Gasteiger partial charge in [-0.25, -0.2) is 4.79 Å². The summed E-state index contributed by atoms with van der Waals surface area (Å²) in [4.78, 5) is 14.9. The van der Waals surface area contributed by atoms with Gasteiger partial charge in [-0.1, -0.05) is 41.9 Å². The first-order valence-corrected chi connectivity index (χ1v) is 10.5. The van der Waals surface area contributed by atoms with E-state index in [1.54, 1.807) is 0 Å². The van der Waals surface area contributed by atoms with Crippen molar-refractivity contribution in [3.8, 4) is 11.1 Å². The number of carbonyl (C=O) groups is 1. The van der Waals surface area contributed by atoms with Crippen LogP contribution in [-0.2, 0) is 0 Å². The summed E-state index contributed by atoms with van der Waals surface area (Å²) in [6.45, 7) is 5.95. The highest BCUT2D eigenvalue weighted by molar-refractivity contribution is 6.36. The Hall–Kier alpha value is -3.02. The molecule has 30 heavy (non-hydrogen) atoms. The fourth-order valence-corrected chi connectivity index (χ4v) is 3.92. The van der Waals surface area contributed by atoms with Crippen molar-refractivity contribution in [2.24, 2.45) is 0 Å². The lowest BCUT2D eigenvalue weighted by Crippen LogP contribution is -2.43. The average molecular weight is 421 g/mol. The minimum atomic E-state index is -0.323. The number of anilines is 3. The Morgan fingerprint density at radius 1 is 0.967 bits per heavy atom. The van der Waals surface area contributed by atoms with Gasteiger partial charge in [-0.05, 0) is 54.4 Å². The third-order valence-corrected chi connectivity index (χ3v) is 5.56. The normalized spacial score (nSPS) is 13.7. The first kappa shape index (κ1) is 20.3. The number of piperazine rings is 1. The van der Waals surface area contributed by atoms with Crippen LogP contribution in [0.15, 0.2) is 66.7 Å². The summed E-state index contributed by atoms with van der Waals surface area (Å²) >= 11 is 6.62. The second kappa shape index (κ2) is 9.20. The molecule has 3 aromatic rings. The molecule has 5 nitrogen and oxygen atoms in total. The van der Waals surface area contributed by atoms with Crippen molar-refractivity contribution in [3.63, 3.8) is 0 Å². The van der Waals surface area contributed by atoms with Crippen molar-refractivity contribution in [2.45, 2.75) is 6.92 Å². The molecule has 0 spiro atoms. The zero-order valence-corrected chi connectivity index (χ0v) is 17.7. The predicted molar refractivity (Wildman–Crippen MR) is 126 cm³/mol. The molecular weight excluding hydrogens is 396 g/mol. The second-order valence-electron chi connectivity index (χ2n) is 7.40. The van der Waals surface area contributed by atoms with Gasteiger partial charge in [0.05, 0.1) is 10.7 Å². The Morgan fingerprint density at radius 3 is 2.37 bits per heavy atom. The van der Waals surface area contributed by atoms with Gasteiger partial charge in [-0.2, -0.15) is 0 Å². The van der Waals surface area contributed by atoms with Crippen LogP contribution in [0.25, 0.3) is 11.1 Å². The monoisotopic (exact) mass is 420 g/mol. The number of urea groups is 1. The van der Waals surface area contributed by atoms with E-state index in [-0.39, 0.29) is 6.03 Å². The fraction of sp³-hybridized carbons (Fsp3) is 0.208. The molecule has 0 atom stereocenters. The van der Waals surface area contributed by atoms with Gasteiger partial charge in [-0.3, -0.25) is 0 Å². The molecule has 1 aliphatic rings. The van der Waals surface area contributed by atoms with E-state index >= 15 is 0 Å². The number of nitrogens with zero attached hydrogens (tertiary/aromatic N) is 1. The van der Waals surface area contributed by atoms with Crippen molar-refractivity contribution in [1.29, 1.82) is 0 Å². The van der Waals surface area contributed by atoms with E-state index in [2.05, 4.69) is 20.9 Å².